The van der Waals surface area contributed by atoms with Crippen molar-refractivity contribution in [2.24, 2.45) is 0 Å². The summed E-state index contributed by atoms with van der Waals surface area (Å²) in [4.78, 5) is 34.1. The fourth-order valence-electron chi connectivity index (χ4n) is 4.23. The molecule has 0 unspecified atom stereocenters. The average Bonchev–Trinajstić information content (AvgIpc) is 2.85. The van der Waals surface area contributed by atoms with E-state index in [2.05, 4.69) is 11.1 Å². The first-order valence-corrected chi connectivity index (χ1v) is 11.1. The number of piperazine rings is 1. The molecule has 33 heavy (non-hydrogen) atoms. The minimum atomic E-state index is -0.600. The Morgan fingerprint density at radius 1 is 1.09 bits per heavy atom. The maximum Gasteiger partial charge on any atom is 0.258 e. The standard InChI is InChI=1S/C26H28N4O3/c1-3-29-14-15-30(25(31)22-8-5-13-28-24(22)27)23(26(29)32)17-18-6-4-7-20(16-18)19-9-11-21(33-2)12-10-19/h4-13,16,23H,3,14-15,17H2,1-2H3,(H2,27,28)/t23-/m0/s1. The first-order chi connectivity index (χ1) is 16.0. The maximum absolute atomic E-state index is 13.3. The number of pyridine rings is 1. The zero-order chi connectivity index (χ0) is 23.4. The van der Waals surface area contributed by atoms with Gasteiger partial charge in [0.05, 0.1) is 12.7 Å². The van der Waals surface area contributed by atoms with Gasteiger partial charge in [0, 0.05) is 32.3 Å². The highest BCUT2D eigenvalue weighted by Gasteiger charge is 2.37. The molecular formula is C26H28N4O3. The van der Waals surface area contributed by atoms with Gasteiger partial charge < -0.3 is 20.3 Å². The van der Waals surface area contributed by atoms with Crippen LogP contribution in [0.2, 0.25) is 0 Å². The van der Waals surface area contributed by atoms with Crippen molar-refractivity contribution in [2.75, 3.05) is 32.5 Å². The minimum absolute atomic E-state index is 0.0468. The minimum Gasteiger partial charge on any atom is -0.497 e. The van der Waals surface area contributed by atoms with Crippen LogP contribution in [0.4, 0.5) is 5.82 Å². The summed E-state index contributed by atoms with van der Waals surface area (Å²) in [7, 11) is 1.64. The Morgan fingerprint density at radius 3 is 2.58 bits per heavy atom. The second-order valence-corrected chi connectivity index (χ2v) is 8.00. The molecule has 4 rings (SSSR count). The van der Waals surface area contributed by atoms with Crippen LogP contribution in [0.1, 0.15) is 22.8 Å². The van der Waals surface area contributed by atoms with Gasteiger partial charge in [-0.05, 0) is 47.9 Å². The molecule has 1 atom stereocenters. The molecule has 0 spiro atoms. The molecular weight excluding hydrogens is 416 g/mol. The van der Waals surface area contributed by atoms with Crippen LogP contribution in [0.3, 0.4) is 0 Å². The lowest BCUT2D eigenvalue weighted by Crippen LogP contribution is -2.59. The zero-order valence-electron chi connectivity index (χ0n) is 18.9. The van der Waals surface area contributed by atoms with Gasteiger partial charge in [-0.2, -0.15) is 0 Å². The molecule has 0 saturated carbocycles. The van der Waals surface area contributed by atoms with Crippen molar-refractivity contribution >= 4 is 17.6 Å². The number of nitrogens with zero attached hydrogens (tertiary/aromatic N) is 3. The molecule has 2 aromatic carbocycles. The number of amides is 2. The van der Waals surface area contributed by atoms with Crippen LogP contribution in [0.5, 0.6) is 5.75 Å². The number of ether oxygens (including phenoxy) is 1. The quantitative estimate of drug-likeness (QED) is 0.631. The van der Waals surface area contributed by atoms with E-state index in [4.69, 9.17) is 10.5 Å². The zero-order valence-corrected chi connectivity index (χ0v) is 18.9. The molecule has 1 aliphatic rings. The second kappa shape index (κ2) is 9.73. The van der Waals surface area contributed by atoms with Gasteiger partial charge >= 0.3 is 0 Å². The van der Waals surface area contributed by atoms with Crippen LogP contribution in [-0.4, -0.2) is 59.4 Å². The number of carbonyl (C=O) groups excluding carboxylic acids is 2. The monoisotopic (exact) mass is 444 g/mol. The van der Waals surface area contributed by atoms with Crippen molar-refractivity contribution in [3.63, 3.8) is 0 Å². The highest BCUT2D eigenvalue weighted by atomic mass is 16.5. The molecule has 0 bridgehead atoms. The van der Waals surface area contributed by atoms with Crippen molar-refractivity contribution in [3.8, 4) is 16.9 Å². The summed E-state index contributed by atoms with van der Waals surface area (Å²) in [6.45, 7) is 3.52. The molecule has 1 aliphatic heterocycles. The molecule has 2 heterocycles. The smallest absolute Gasteiger partial charge is 0.258 e. The predicted octanol–water partition coefficient (Wildman–Crippen LogP) is 3.26. The topological polar surface area (TPSA) is 88.8 Å². The summed E-state index contributed by atoms with van der Waals surface area (Å²) in [6.07, 6.45) is 1.97. The largest absolute Gasteiger partial charge is 0.497 e. The summed E-state index contributed by atoms with van der Waals surface area (Å²) in [5, 5.41) is 0. The summed E-state index contributed by atoms with van der Waals surface area (Å²) >= 11 is 0. The van der Waals surface area contributed by atoms with Crippen LogP contribution in [0, 0.1) is 0 Å². The number of likely N-dealkylation sites (N-methyl/N-ethyl adjacent to an activating group) is 1. The van der Waals surface area contributed by atoms with Gasteiger partial charge in [-0.3, -0.25) is 9.59 Å². The fraction of sp³-hybridized carbons (Fsp3) is 0.269. The van der Waals surface area contributed by atoms with E-state index < -0.39 is 6.04 Å². The van der Waals surface area contributed by atoms with E-state index in [1.165, 1.54) is 0 Å². The summed E-state index contributed by atoms with van der Waals surface area (Å²) in [5.74, 6) is 0.662. The normalized spacial score (nSPS) is 16.1. The lowest BCUT2D eigenvalue weighted by molar-refractivity contribution is -0.139. The number of nitrogens with two attached hydrogens (primary N) is 1. The van der Waals surface area contributed by atoms with Crippen molar-refractivity contribution in [2.45, 2.75) is 19.4 Å². The Balaban J connectivity index is 1.63. The van der Waals surface area contributed by atoms with Crippen LogP contribution >= 0.6 is 0 Å². The number of anilines is 1. The molecule has 0 aliphatic carbocycles. The van der Waals surface area contributed by atoms with Gasteiger partial charge in [-0.15, -0.1) is 0 Å². The third kappa shape index (κ3) is 4.67. The Bertz CT molecular complexity index is 1150. The molecule has 170 valence electrons. The van der Waals surface area contributed by atoms with Gasteiger partial charge in [-0.1, -0.05) is 36.4 Å². The van der Waals surface area contributed by atoms with E-state index in [0.717, 1.165) is 22.4 Å². The SMILES string of the molecule is CCN1CCN(C(=O)c2cccnc2N)[C@@H](Cc2cccc(-c3ccc(OC)cc3)c2)C1=O. The number of carbonyl (C=O) groups is 2. The Kier molecular flexibility index (Phi) is 6.58. The molecule has 2 amide bonds. The maximum atomic E-state index is 13.3. The lowest BCUT2D eigenvalue weighted by Gasteiger charge is -2.40. The van der Waals surface area contributed by atoms with Gasteiger partial charge in [0.2, 0.25) is 5.91 Å². The number of benzene rings is 2. The average molecular weight is 445 g/mol. The number of nitrogen functional groups attached to an aromatic ring is 1. The predicted molar refractivity (Wildman–Crippen MR) is 128 cm³/mol. The summed E-state index contributed by atoms with van der Waals surface area (Å²) < 4.78 is 5.25. The van der Waals surface area contributed by atoms with Gasteiger partial charge in [-0.25, -0.2) is 4.98 Å². The highest BCUT2D eigenvalue weighted by Crippen LogP contribution is 2.26. The molecule has 2 N–H and O–H groups in total. The van der Waals surface area contributed by atoms with Crippen LogP contribution in [0.15, 0.2) is 66.9 Å². The van der Waals surface area contributed by atoms with Crippen molar-refractivity contribution < 1.29 is 14.3 Å². The highest BCUT2D eigenvalue weighted by molar-refractivity contribution is 6.01. The molecule has 1 fully saturated rings. The molecule has 1 aromatic heterocycles. The number of hydrogen-bond acceptors (Lipinski definition) is 5. The van der Waals surface area contributed by atoms with Gasteiger partial charge in [0.1, 0.15) is 17.6 Å². The number of aromatic nitrogens is 1. The number of methoxy groups -OCH3 is 1. The van der Waals surface area contributed by atoms with E-state index in [9.17, 15) is 9.59 Å². The Morgan fingerprint density at radius 2 is 1.88 bits per heavy atom. The van der Waals surface area contributed by atoms with Gasteiger partial charge in [0.25, 0.3) is 5.91 Å². The van der Waals surface area contributed by atoms with E-state index in [-0.39, 0.29) is 17.6 Å². The molecule has 0 radical (unpaired) electrons. The van der Waals surface area contributed by atoms with Crippen molar-refractivity contribution in [1.29, 1.82) is 0 Å². The van der Waals surface area contributed by atoms with E-state index in [0.29, 0.717) is 31.6 Å². The van der Waals surface area contributed by atoms with Crippen LogP contribution in [-0.2, 0) is 11.2 Å². The first-order valence-electron chi connectivity index (χ1n) is 11.1. The molecule has 7 heteroatoms. The van der Waals surface area contributed by atoms with Crippen molar-refractivity contribution in [3.05, 3.63) is 78.0 Å². The van der Waals surface area contributed by atoms with Gasteiger partial charge in [0.15, 0.2) is 0 Å². The molecule has 1 saturated heterocycles. The second-order valence-electron chi connectivity index (χ2n) is 8.00. The van der Waals surface area contributed by atoms with E-state index >= 15 is 0 Å². The van der Waals surface area contributed by atoms with E-state index in [1.54, 1.807) is 35.2 Å². The van der Waals surface area contributed by atoms with Crippen molar-refractivity contribution in [1.82, 2.24) is 14.8 Å². The van der Waals surface area contributed by atoms with E-state index in [1.807, 2.05) is 49.4 Å². The summed E-state index contributed by atoms with van der Waals surface area (Å²) in [6, 6.07) is 18.7. The Labute approximate surface area is 193 Å². The van der Waals surface area contributed by atoms with Crippen LogP contribution < -0.4 is 10.5 Å². The molecule has 7 nitrogen and oxygen atoms in total. The first kappa shape index (κ1) is 22.3. The lowest BCUT2D eigenvalue weighted by atomic mass is 9.96. The third-order valence-corrected chi connectivity index (χ3v) is 6.07. The number of rotatable bonds is 6. The van der Waals surface area contributed by atoms with Crippen LogP contribution in [0.25, 0.3) is 11.1 Å². The molecule has 3 aromatic rings. The summed E-state index contributed by atoms with van der Waals surface area (Å²) in [5.41, 5.74) is 9.36. The fourth-order valence-corrected chi connectivity index (χ4v) is 4.23. The third-order valence-electron chi connectivity index (χ3n) is 6.07. The number of hydrogen-bond donors (Lipinski definition) is 1. The Hall–Kier alpha value is -3.87.